The van der Waals surface area contributed by atoms with Crippen molar-refractivity contribution in [3.8, 4) is 0 Å². The molecule has 5 rings (SSSR count). The molecule has 4 aliphatic rings. The van der Waals surface area contributed by atoms with Crippen LogP contribution in [0.3, 0.4) is 0 Å². The van der Waals surface area contributed by atoms with Crippen LogP contribution in [0.5, 0.6) is 0 Å². The number of hydrogen-bond acceptors (Lipinski definition) is 4. The van der Waals surface area contributed by atoms with Crippen molar-refractivity contribution in [2.75, 3.05) is 26.3 Å². The number of amides is 1. The molecule has 2 aliphatic heterocycles. The predicted molar refractivity (Wildman–Crippen MR) is 101 cm³/mol. The minimum atomic E-state index is 0.126. The normalized spacial score (nSPS) is 28.3. The Morgan fingerprint density at radius 1 is 1.19 bits per heavy atom. The van der Waals surface area contributed by atoms with Crippen LogP contribution in [0.4, 0.5) is 0 Å². The number of rotatable bonds is 5. The minimum Gasteiger partial charge on any atom is -0.381 e. The molecule has 1 aromatic heterocycles. The quantitative estimate of drug-likeness (QED) is 0.796. The van der Waals surface area contributed by atoms with E-state index in [1.165, 1.54) is 38.5 Å². The van der Waals surface area contributed by atoms with E-state index >= 15 is 0 Å². The van der Waals surface area contributed by atoms with Crippen molar-refractivity contribution in [2.45, 2.75) is 76.2 Å². The summed E-state index contributed by atoms with van der Waals surface area (Å²) in [6, 6.07) is 0.582. The number of carbonyl (C=O) groups excluding carboxylic acids is 1. The third kappa shape index (κ3) is 3.41. The van der Waals surface area contributed by atoms with E-state index in [2.05, 4.69) is 19.7 Å². The van der Waals surface area contributed by atoms with Crippen LogP contribution in [0.25, 0.3) is 0 Å². The number of likely N-dealkylation sites (tertiary alicyclic amines) is 1. The predicted octanol–water partition coefficient (Wildman–Crippen LogP) is 3.31. The van der Waals surface area contributed by atoms with Crippen molar-refractivity contribution in [1.82, 2.24) is 19.7 Å². The summed E-state index contributed by atoms with van der Waals surface area (Å²) in [7, 11) is 0. The van der Waals surface area contributed by atoms with Gasteiger partial charge in [0.05, 0.1) is 0 Å². The SMILES string of the molecule is O=C(CCC1CCCC1)N1CC(c2nncn2C2CC2)C2(CCOCC2)C1. The Kier molecular flexibility index (Phi) is 4.70. The summed E-state index contributed by atoms with van der Waals surface area (Å²) in [4.78, 5) is 15.2. The number of ether oxygens (including phenoxy) is 1. The monoisotopic (exact) mass is 372 g/mol. The van der Waals surface area contributed by atoms with E-state index in [4.69, 9.17) is 4.74 Å². The molecular weight excluding hydrogens is 340 g/mol. The van der Waals surface area contributed by atoms with E-state index in [-0.39, 0.29) is 5.41 Å². The van der Waals surface area contributed by atoms with E-state index in [0.717, 1.165) is 63.7 Å². The highest BCUT2D eigenvalue weighted by molar-refractivity contribution is 5.76. The summed E-state index contributed by atoms with van der Waals surface area (Å²) in [6.45, 7) is 3.30. The van der Waals surface area contributed by atoms with Crippen LogP contribution in [0.2, 0.25) is 0 Å². The highest BCUT2D eigenvalue weighted by Gasteiger charge is 2.51. The lowest BCUT2D eigenvalue weighted by Gasteiger charge is -2.37. The Balaban J connectivity index is 1.33. The highest BCUT2D eigenvalue weighted by Crippen LogP contribution is 2.50. The lowest BCUT2D eigenvalue weighted by molar-refractivity contribution is -0.131. The fourth-order valence-corrected chi connectivity index (χ4v) is 5.72. The summed E-state index contributed by atoms with van der Waals surface area (Å²) in [5, 5.41) is 8.79. The van der Waals surface area contributed by atoms with Crippen molar-refractivity contribution >= 4 is 5.91 Å². The van der Waals surface area contributed by atoms with Crippen LogP contribution in [0, 0.1) is 11.3 Å². The van der Waals surface area contributed by atoms with Gasteiger partial charge in [-0.3, -0.25) is 4.79 Å². The molecule has 1 aromatic rings. The molecule has 0 N–H and O–H groups in total. The van der Waals surface area contributed by atoms with Gasteiger partial charge >= 0.3 is 0 Å². The molecule has 0 aromatic carbocycles. The van der Waals surface area contributed by atoms with Crippen LogP contribution >= 0.6 is 0 Å². The molecule has 3 heterocycles. The van der Waals surface area contributed by atoms with Gasteiger partial charge in [-0.2, -0.15) is 0 Å². The van der Waals surface area contributed by atoms with Crippen molar-refractivity contribution in [1.29, 1.82) is 0 Å². The summed E-state index contributed by atoms with van der Waals surface area (Å²) < 4.78 is 7.98. The second-order valence-corrected chi connectivity index (χ2v) is 9.32. The minimum absolute atomic E-state index is 0.126. The fraction of sp³-hybridized carbons (Fsp3) is 0.857. The van der Waals surface area contributed by atoms with Gasteiger partial charge in [-0.15, -0.1) is 10.2 Å². The molecule has 4 fully saturated rings. The second kappa shape index (κ2) is 7.19. The zero-order chi connectivity index (χ0) is 18.3. The second-order valence-electron chi connectivity index (χ2n) is 9.32. The van der Waals surface area contributed by atoms with Crippen molar-refractivity contribution < 1.29 is 9.53 Å². The first-order chi connectivity index (χ1) is 13.3. The summed E-state index contributed by atoms with van der Waals surface area (Å²) in [6.07, 6.45) is 13.6. The molecular formula is C21H32N4O2. The van der Waals surface area contributed by atoms with Gasteiger partial charge in [-0.25, -0.2) is 0 Å². The molecule has 2 aliphatic carbocycles. The zero-order valence-electron chi connectivity index (χ0n) is 16.3. The van der Waals surface area contributed by atoms with Crippen molar-refractivity contribution in [2.24, 2.45) is 11.3 Å². The molecule has 2 saturated heterocycles. The summed E-state index contributed by atoms with van der Waals surface area (Å²) in [5.74, 6) is 2.56. The van der Waals surface area contributed by atoms with E-state index in [9.17, 15) is 4.79 Å². The molecule has 1 amide bonds. The van der Waals surface area contributed by atoms with Gasteiger partial charge in [0.1, 0.15) is 12.2 Å². The van der Waals surface area contributed by atoms with E-state index in [1.807, 2.05) is 6.33 Å². The standard InChI is InChI=1S/C21H32N4O2/c26-19(8-5-16-3-1-2-4-16)24-13-18(21(14-24)9-11-27-12-10-21)20-23-22-15-25(20)17-6-7-17/h15-18H,1-14H2. The van der Waals surface area contributed by atoms with Crippen LogP contribution in [0.15, 0.2) is 6.33 Å². The number of hydrogen-bond donors (Lipinski definition) is 0. The first-order valence-electron chi connectivity index (χ1n) is 11.0. The van der Waals surface area contributed by atoms with Gasteiger partial charge < -0.3 is 14.2 Å². The molecule has 0 radical (unpaired) electrons. The smallest absolute Gasteiger partial charge is 0.222 e. The van der Waals surface area contributed by atoms with Crippen molar-refractivity contribution in [3.05, 3.63) is 12.2 Å². The Bertz CT molecular complexity index is 671. The maximum Gasteiger partial charge on any atom is 0.222 e. The highest BCUT2D eigenvalue weighted by atomic mass is 16.5. The lowest BCUT2D eigenvalue weighted by atomic mass is 9.71. The third-order valence-corrected chi connectivity index (χ3v) is 7.58. The molecule has 0 bridgehead atoms. The largest absolute Gasteiger partial charge is 0.381 e. The van der Waals surface area contributed by atoms with Gasteiger partial charge in [-0.05, 0) is 38.0 Å². The molecule has 6 heteroatoms. The van der Waals surface area contributed by atoms with Gasteiger partial charge in [0.25, 0.3) is 0 Å². The average Bonchev–Trinajstić information content (AvgIpc) is 3.10. The van der Waals surface area contributed by atoms with E-state index in [0.29, 0.717) is 17.9 Å². The van der Waals surface area contributed by atoms with Crippen LogP contribution in [-0.2, 0) is 9.53 Å². The molecule has 27 heavy (non-hydrogen) atoms. The topological polar surface area (TPSA) is 60.2 Å². The first-order valence-corrected chi connectivity index (χ1v) is 11.0. The fourth-order valence-electron chi connectivity index (χ4n) is 5.72. The summed E-state index contributed by atoms with van der Waals surface area (Å²) >= 11 is 0. The van der Waals surface area contributed by atoms with Gasteiger partial charge in [-0.1, -0.05) is 25.7 Å². The Morgan fingerprint density at radius 2 is 1.96 bits per heavy atom. The molecule has 6 nitrogen and oxygen atoms in total. The third-order valence-electron chi connectivity index (χ3n) is 7.58. The van der Waals surface area contributed by atoms with Gasteiger partial charge in [0.2, 0.25) is 5.91 Å². The summed E-state index contributed by atoms with van der Waals surface area (Å²) in [5.41, 5.74) is 0.126. The molecule has 1 atom stereocenters. The molecule has 1 spiro atoms. The van der Waals surface area contributed by atoms with Crippen LogP contribution in [-0.4, -0.2) is 51.9 Å². The molecule has 148 valence electrons. The Hall–Kier alpha value is -1.43. The Labute approximate surface area is 161 Å². The first kappa shape index (κ1) is 17.7. The lowest BCUT2D eigenvalue weighted by Crippen LogP contribution is -2.37. The van der Waals surface area contributed by atoms with Gasteiger partial charge in [0, 0.05) is 50.1 Å². The van der Waals surface area contributed by atoms with Crippen molar-refractivity contribution in [3.63, 3.8) is 0 Å². The average molecular weight is 373 g/mol. The molecule has 2 saturated carbocycles. The number of nitrogens with zero attached hydrogens (tertiary/aromatic N) is 4. The maximum atomic E-state index is 13.0. The number of carbonyl (C=O) groups is 1. The Morgan fingerprint density at radius 3 is 2.70 bits per heavy atom. The van der Waals surface area contributed by atoms with E-state index < -0.39 is 0 Å². The number of aromatic nitrogens is 3. The van der Waals surface area contributed by atoms with Gasteiger partial charge in [0.15, 0.2) is 0 Å². The van der Waals surface area contributed by atoms with E-state index in [1.54, 1.807) is 0 Å². The maximum absolute atomic E-state index is 13.0. The zero-order valence-corrected chi connectivity index (χ0v) is 16.3. The van der Waals surface area contributed by atoms with Crippen LogP contribution in [0.1, 0.15) is 82.0 Å². The molecule has 1 unspecified atom stereocenters. The van der Waals surface area contributed by atoms with Crippen LogP contribution < -0.4 is 0 Å².